The predicted octanol–water partition coefficient (Wildman–Crippen LogP) is 6.03. The quantitative estimate of drug-likeness (QED) is 0.307. The van der Waals surface area contributed by atoms with E-state index in [4.69, 9.17) is 0 Å². The van der Waals surface area contributed by atoms with Crippen molar-refractivity contribution in [1.82, 2.24) is 0 Å². The zero-order valence-corrected chi connectivity index (χ0v) is 17.4. The summed E-state index contributed by atoms with van der Waals surface area (Å²) in [5, 5.41) is 0. The zero-order valence-electron chi connectivity index (χ0n) is 13.8. The molecule has 0 aromatic heterocycles. The molecule has 2 saturated carbocycles. The van der Waals surface area contributed by atoms with Gasteiger partial charge in [-0.05, 0) is 24.7 Å². The Hall–Kier alpha value is -0.690. The molecule has 0 radical (unpaired) electrons. The molecule has 0 heterocycles. The summed E-state index contributed by atoms with van der Waals surface area (Å²) in [5.74, 6) is 1.77. The van der Waals surface area contributed by atoms with Crippen LogP contribution in [0.15, 0.2) is 54.2 Å². The topological polar surface area (TPSA) is 0 Å². The number of hydrogen-bond donors (Lipinski definition) is 0. The van der Waals surface area contributed by atoms with Gasteiger partial charge in [0.2, 0.25) is 0 Å². The average molecular weight is 459 g/mol. The Balaban J connectivity index is 0.000000334. The van der Waals surface area contributed by atoms with E-state index < -0.39 is 0 Å². The fourth-order valence-electron chi connectivity index (χ4n) is 3.33. The number of allylic oxidation sites excluding steroid dienone is 8. The summed E-state index contributed by atoms with van der Waals surface area (Å²) in [7, 11) is 0. The standard InChI is InChI=1S/2C9H11.C2H3.CH3.Hf/c2*1-2-5-9-7-3-6-8(9)4-1;1-2;;/h2*1-2,4,6,9H,3,5,7H2;1H,2H2;1H3;/q4*-1;+4. The van der Waals surface area contributed by atoms with Gasteiger partial charge in [-0.1, -0.05) is 12.8 Å². The van der Waals surface area contributed by atoms with Crippen LogP contribution in [0.5, 0.6) is 0 Å². The van der Waals surface area contributed by atoms with E-state index in [2.05, 4.69) is 62.5 Å². The summed E-state index contributed by atoms with van der Waals surface area (Å²) in [6.07, 6.45) is 26.1. The Labute approximate surface area is 156 Å². The molecule has 1 heteroatoms. The molecule has 22 heavy (non-hydrogen) atoms. The maximum Gasteiger partial charge on any atom is 4.00 e. The summed E-state index contributed by atoms with van der Waals surface area (Å²) in [6, 6.07) is 0. The van der Waals surface area contributed by atoms with Crippen LogP contribution in [0, 0.1) is 38.7 Å². The minimum atomic E-state index is 0. The molecule has 4 aliphatic rings. The van der Waals surface area contributed by atoms with Gasteiger partial charge in [0.15, 0.2) is 0 Å². The van der Waals surface area contributed by atoms with Crippen LogP contribution >= 0.6 is 0 Å². The van der Waals surface area contributed by atoms with Gasteiger partial charge >= 0.3 is 25.8 Å². The first-order chi connectivity index (χ1) is 9.93. The molecule has 0 N–H and O–H groups in total. The zero-order chi connectivity index (χ0) is 14.2. The van der Waals surface area contributed by atoms with Gasteiger partial charge in [-0.15, -0.1) is 37.1 Å². The van der Waals surface area contributed by atoms with Crippen LogP contribution < -0.4 is 0 Å². The number of rotatable bonds is 0. The van der Waals surface area contributed by atoms with E-state index in [0.29, 0.717) is 0 Å². The van der Waals surface area contributed by atoms with Crippen LogP contribution in [-0.2, 0) is 25.8 Å². The molecule has 0 aromatic rings. The van der Waals surface area contributed by atoms with Crippen molar-refractivity contribution in [2.45, 2.75) is 38.5 Å². The third-order valence-corrected chi connectivity index (χ3v) is 4.42. The summed E-state index contributed by atoms with van der Waals surface area (Å²) in [6.45, 7) is 7.00. The second kappa shape index (κ2) is 11.8. The smallest absolute Gasteiger partial charge is 0.521 e. The van der Waals surface area contributed by atoms with Crippen molar-refractivity contribution in [3.8, 4) is 0 Å². The molecule has 0 bridgehead atoms. The van der Waals surface area contributed by atoms with Gasteiger partial charge in [0.05, 0.1) is 0 Å². The minimum Gasteiger partial charge on any atom is -0.521 e. The van der Waals surface area contributed by atoms with Crippen molar-refractivity contribution in [3.63, 3.8) is 0 Å². The Bertz CT molecular complexity index is 385. The van der Waals surface area contributed by atoms with Crippen LogP contribution in [0.3, 0.4) is 0 Å². The predicted molar refractivity (Wildman–Crippen MR) is 94.1 cm³/mol. The van der Waals surface area contributed by atoms with Crippen molar-refractivity contribution >= 4 is 0 Å². The second-order valence-electron chi connectivity index (χ2n) is 5.62. The Kier molecular flexibility index (Phi) is 11.5. The fourth-order valence-corrected chi connectivity index (χ4v) is 3.33. The average Bonchev–Trinajstić information content (AvgIpc) is 3.18. The molecule has 2 fully saturated rings. The fraction of sp³-hybridized carbons (Fsp3) is 0.381. The van der Waals surface area contributed by atoms with Gasteiger partial charge in [-0.25, -0.2) is 36.1 Å². The van der Waals surface area contributed by atoms with Crippen LogP contribution in [0.1, 0.15) is 38.5 Å². The van der Waals surface area contributed by atoms with Crippen molar-refractivity contribution in [2.24, 2.45) is 11.8 Å². The summed E-state index contributed by atoms with van der Waals surface area (Å²) in [4.78, 5) is 0. The van der Waals surface area contributed by atoms with Crippen LogP contribution in [-0.4, -0.2) is 0 Å². The molecule has 2 unspecified atom stereocenters. The molecular weight excluding hydrogens is 431 g/mol. The minimum absolute atomic E-state index is 0. The summed E-state index contributed by atoms with van der Waals surface area (Å²) >= 11 is 0. The van der Waals surface area contributed by atoms with Gasteiger partial charge in [0.25, 0.3) is 0 Å². The first-order valence-corrected chi connectivity index (χ1v) is 7.74. The number of hydrogen-bond acceptors (Lipinski definition) is 0. The van der Waals surface area contributed by atoms with Gasteiger partial charge in [-0.3, -0.25) is 6.58 Å². The molecule has 0 aromatic carbocycles. The molecular formula is C21H28Hf. The van der Waals surface area contributed by atoms with Crippen LogP contribution in [0.25, 0.3) is 0 Å². The van der Waals surface area contributed by atoms with Crippen molar-refractivity contribution < 1.29 is 25.8 Å². The summed E-state index contributed by atoms with van der Waals surface area (Å²) < 4.78 is 0. The van der Waals surface area contributed by atoms with E-state index in [1.807, 2.05) is 0 Å². The molecule has 116 valence electrons. The third-order valence-electron chi connectivity index (χ3n) is 4.42. The van der Waals surface area contributed by atoms with Gasteiger partial charge in [0.1, 0.15) is 0 Å². The van der Waals surface area contributed by atoms with Crippen molar-refractivity contribution in [3.05, 3.63) is 81.0 Å². The number of fused-ring (bicyclic) bond motifs is 2. The molecule has 2 atom stereocenters. The monoisotopic (exact) mass is 460 g/mol. The Morgan fingerprint density at radius 2 is 1.27 bits per heavy atom. The first kappa shape index (κ1) is 21.3. The van der Waals surface area contributed by atoms with Gasteiger partial charge in [-0.2, -0.15) is 0 Å². The Morgan fingerprint density at radius 3 is 1.64 bits per heavy atom. The SMILES string of the molecule is C1=CCC2CC[CH-]C2=C1.C1=CCC2CC[CH-]C2=C1.[CH-]=C.[CH3-].[Hf+4]. The second-order valence-corrected chi connectivity index (χ2v) is 5.62. The molecule has 0 aliphatic heterocycles. The molecule has 0 spiro atoms. The molecule has 4 rings (SSSR count). The van der Waals surface area contributed by atoms with Gasteiger partial charge in [0, 0.05) is 0 Å². The van der Waals surface area contributed by atoms with E-state index >= 15 is 0 Å². The molecule has 0 saturated heterocycles. The normalized spacial score (nSPS) is 25.6. The largest absolute Gasteiger partial charge is 4.00 e. The molecule has 4 aliphatic carbocycles. The van der Waals surface area contributed by atoms with Gasteiger partial charge < -0.3 is 14.0 Å². The van der Waals surface area contributed by atoms with E-state index in [1.165, 1.54) is 38.5 Å². The molecule has 0 amide bonds. The first-order valence-electron chi connectivity index (χ1n) is 7.74. The maximum atomic E-state index is 4.25. The maximum absolute atomic E-state index is 4.25. The van der Waals surface area contributed by atoms with Crippen LogP contribution in [0.2, 0.25) is 0 Å². The Morgan fingerprint density at radius 1 is 0.864 bits per heavy atom. The van der Waals surface area contributed by atoms with E-state index in [0.717, 1.165) is 11.8 Å². The van der Waals surface area contributed by atoms with Crippen molar-refractivity contribution in [1.29, 1.82) is 0 Å². The van der Waals surface area contributed by atoms with Crippen molar-refractivity contribution in [2.75, 3.05) is 0 Å². The van der Waals surface area contributed by atoms with E-state index in [1.54, 1.807) is 11.1 Å². The van der Waals surface area contributed by atoms with E-state index in [9.17, 15) is 0 Å². The third kappa shape index (κ3) is 5.83. The van der Waals surface area contributed by atoms with E-state index in [-0.39, 0.29) is 33.3 Å². The summed E-state index contributed by atoms with van der Waals surface area (Å²) in [5.41, 5.74) is 3.16. The molecule has 0 nitrogen and oxygen atoms in total. The van der Waals surface area contributed by atoms with Crippen LogP contribution in [0.4, 0.5) is 0 Å².